The van der Waals surface area contributed by atoms with Crippen LogP contribution in [0.2, 0.25) is 0 Å². The molecule has 2 aromatic carbocycles. The molecule has 0 spiro atoms. The number of benzene rings is 2. The molecule has 20 nitrogen and oxygen atoms in total. The van der Waals surface area contributed by atoms with Gasteiger partial charge in [-0.05, 0) is 87.0 Å². The van der Waals surface area contributed by atoms with Gasteiger partial charge in [-0.25, -0.2) is 19.9 Å². The van der Waals surface area contributed by atoms with Gasteiger partial charge in [-0.2, -0.15) is 0 Å². The first-order valence-electron chi connectivity index (χ1n) is 21.4. The van der Waals surface area contributed by atoms with Crippen LogP contribution in [0.15, 0.2) is 95.0 Å². The second kappa shape index (κ2) is 32.1. The fraction of sp³-hybridized carbons (Fsp3) is 0.391. The molecule has 2 aliphatic heterocycles. The number of carboxylic acids is 6. The van der Waals surface area contributed by atoms with Gasteiger partial charge in [0.05, 0.1) is 46.8 Å². The monoisotopic (exact) mass is 974 g/mol. The molecule has 4 aromatic rings. The Labute approximate surface area is 403 Å². The van der Waals surface area contributed by atoms with E-state index in [2.05, 4.69) is 96.1 Å². The zero-order valence-corrected chi connectivity index (χ0v) is 39.9. The summed E-state index contributed by atoms with van der Waals surface area (Å²) in [4.78, 5) is 85.2. The third-order valence-electron chi connectivity index (χ3n) is 9.22. The number of aromatic nitrogens is 4. The molecule has 2 saturated heterocycles. The average Bonchev–Trinajstić information content (AvgIpc) is 3.31. The first-order valence-corrected chi connectivity index (χ1v) is 23.4. The number of rotatable bonds is 16. The Morgan fingerprint density at radius 2 is 0.750 bits per heavy atom. The molecule has 0 unspecified atom stereocenters. The van der Waals surface area contributed by atoms with Gasteiger partial charge in [0.1, 0.15) is 10.1 Å². The van der Waals surface area contributed by atoms with Crippen LogP contribution in [0.5, 0.6) is 0 Å². The van der Waals surface area contributed by atoms with Crippen LogP contribution in [0.3, 0.4) is 0 Å². The van der Waals surface area contributed by atoms with Gasteiger partial charge in [0.2, 0.25) is 11.9 Å². The van der Waals surface area contributed by atoms with E-state index in [-0.39, 0.29) is 0 Å². The molecule has 6 rings (SSSR count). The molecule has 4 heterocycles. The zero-order chi connectivity index (χ0) is 50.4. The number of carbonyl (C=O) groups is 6. The summed E-state index contributed by atoms with van der Waals surface area (Å²) in [5, 5.41) is 61.1. The third kappa shape index (κ3) is 23.7. The van der Waals surface area contributed by atoms with E-state index >= 15 is 0 Å². The number of thioether (sulfide) groups is 2. The molecule has 368 valence electrons. The van der Waals surface area contributed by atoms with Crippen LogP contribution in [-0.2, 0) is 28.8 Å². The molecule has 0 aliphatic carbocycles. The Hall–Kier alpha value is -6.62. The number of para-hydroxylation sites is 2. The molecule has 0 saturated carbocycles. The molecule has 2 aromatic heterocycles. The van der Waals surface area contributed by atoms with Crippen LogP contribution in [0.4, 0.5) is 11.9 Å². The minimum Gasteiger partial charge on any atom is -0.545 e. The van der Waals surface area contributed by atoms with Gasteiger partial charge in [-0.15, -0.1) is 23.5 Å². The summed E-state index contributed by atoms with van der Waals surface area (Å²) in [5.41, 5.74) is 2.12. The maximum atomic E-state index is 9.41. The molecule has 0 N–H and O–H groups in total. The number of carbonyl (C=O) groups excluding carboxylic acids is 6. The lowest BCUT2D eigenvalue weighted by Crippen LogP contribution is -2.45. The number of likely N-dealkylation sites (N-methyl/N-ethyl adjacent to an activating group) is 2. The molecule has 2 aliphatic rings. The fourth-order valence-electron chi connectivity index (χ4n) is 5.62. The largest absolute Gasteiger partial charge is 0.545 e. The molecular weight excluding hydrogens is 921 g/mol. The minimum atomic E-state index is -1.55. The summed E-state index contributed by atoms with van der Waals surface area (Å²) >= 11 is 3.73. The van der Waals surface area contributed by atoms with Crippen molar-refractivity contribution in [2.24, 2.45) is 0 Å². The van der Waals surface area contributed by atoms with E-state index in [4.69, 9.17) is 19.9 Å². The molecule has 22 heteroatoms. The van der Waals surface area contributed by atoms with Crippen molar-refractivity contribution >= 4 is 93.0 Å². The van der Waals surface area contributed by atoms with Crippen molar-refractivity contribution in [3.05, 3.63) is 85.0 Å². The quantitative estimate of drug-likeness (QED) is 0.0492. The standard InChI is InChI=1S/2C17H24N4S.3C4H4O4/c2*1-3-4-13-22-16-14-7-5-6-8-15(14)18-17(19-16)21-11-9-20(2)10-12-21;3*5-3(6)1-2-4(7)8/h2*5-8H,3-4,9-13H2,1-2H3;3*1-2H,(H,5,6)(H,7,8)/p-6/b;;3*2-1+. The minimum absolute atomic E-state index is 0.384. The number of hydrogen-bond donors (Lipinski definition) is 0. The number of hydrogen-bond acceptors (Lipinski definition) is 22. The van der Waals surface area contributed by atoms with Crippen molar-refractivity contribution in [3.63, 3.8) is 0 Å². The van der Waals surface area contributed by atoms with Gasteiger partial charge in [0, 0.05) is 63.1 Å². The van der Waals surface area contributed by atoms with E-state index in [9.17, 15) is 59.4 Å². The first-order chi connectivity index (χ1) is 32.4. The number of anilines is 2. The van der Waals surface area contributed by atoms with E-state index in [0.717, 1.165) is 96.8 Å². The van der Waals surface area contributed by atoms with Crippen LogP contribution in [-0.4, -0.2) is 144 Å². The molecule has 0 radical (unpaired) electrons. The van der Waals surface area contributed by atoms with Crippen molar-refractivity contribution in [1.82, 2.24) is 29.7 Å². The Kier molecular flexibility index (Phi) is 27.2. The second-order valence-electron chi connectivity index (χ2n) is 14.6. The summed E-state index contributed by atoms with van der Waals surface area (Å²) in [5.74, 6) is -5.24. The number of nitrogens with zero attached hydrogens (tertiary/aromatic N) is 8. The van der Waals surface area contributed by atoms with Crippen LogP contribution in [0, 0.1) is 0 Å². The first kappa shape index (κ1) is 57.5. The van der Waals surface area contributed by atoms with Crippen molar-refractivity contribution in [1.29, 1.82) is 0 Å². The topological polar surface area (TPSA) is 305 Å². The lowest BCUT2D eigenvalue weighted by Gasteiger charge is -2.32. The normalized spacial score (nSPS) is 13.9. The Bertz CT molecular complexity index is 2110. The Morgan fingerprint density at radius 1 is 0.471 bits per heavy atom. The summed E-state index contributed by atoms with van der Waals surface area (Å²) in [6.07, 6.45) is 7.21. The van der Waals surface area contributed by atoms with Gasteiger partial charge in [-0.1, -0.05) is 63.1 Å². The van der Waals surface area contributed by atoms with Crippen LogP contribution in [0.1, 0.15) is 39.5 Å². The highest BCUT2D eigenvalue weighted by Gasteiger charge is 2.20. The smallest absolute Gasteiger partial charge is 0.227 e. The second-order valence-corrected chi connectivity index (χ2v) is 16.8. The van der Waals surface area contributed by atoms with E-state index < -0.39 is 35.8 Å². The van der Waals surface area contributed by atoms with Crippen molar-refractivity contribution in [3.8, 4) is 0 Å². The maximum absolute atomic E-state index is 9.41. The lowest BCUT2D eigenvalue weighted by atomic mass is 10.2. The van der Waals surface area contributed by atoms with Gasteiger partial charge < -0.3 is 79.0 Å². The van der Waals surface area contributed by atoms with E-state index in [1.54, 1.807) is 0 Å². The van der Waals surface area contributed by atoms with Crippen molar-refractivity contribution in [2.75, 3.05) is 87.8 Å². The van der Waals surface area contributed by atoms with E-state index in [1.807, 2.05) is 23.5 Å². The predicted octanol–water partition coefficient (Wildman–Crippen LogP) is -2.33. The number of piperazine rings is 2. The highest BCUT2D eigenvalue weighted by molar-refractivity contribution is 7.99. The number of carboxylic acid groups (broad SMARTS) is 6. The molecule has 0 amide bonds. The van der Waals surface area contributed by atoms with Gasteiger partial charge in [-0.3, -0.25) is 0 Å². The summed E-state index contributed by atoms with van der Waals surface area (Å²) in [7, 11) is 4.34. The van der Waals surface area contributed by atoms with Gasteiger partial charge >= 0.3 is 0 Å². The molecule has 2 fully saturated rings. The highest BCUT2D eigenvalue weighted by atomic mass is 32.2. The SMILES string of the molecule is CCCCSc1nc(N2CCN(C)CC2)nc2ccccc12.CCCCSc1nc(N2CCN(C)CC2)nc2ccccc12.O=C([O-])/C=C/C(=O)[O-].O=C([O-])/C=C/C(=O)[O-].O=C([O-])/C=C/C(=O)[O-]. The number of aliphatic carboxylic acids is 6. The fourth-order valence-corrected chi connectivity index (χ4v) is 7.82. The van der Waals surface area contributed by atoms with E-state index in [1.165, 1.54) is 36.5 Å². The van der Waals surface area contributed by atoms with Crippen LogP contribution < -0.4 is 40.4 Å². The Morgan fingerprint density at radius 3 is 1.01 bits per heavy atom. The maximum Gasteiger partial charge on any atom is 0.227 e. The van der Waals surface area contributed by atoms with Crippen molar-refractivity contribution in [2.45, 2.75) is 49.6 Å². The number of fused-ring (bicyclic) bond motifs is 2. The van der Waals surface area contributed by atoms with Crippen molar-refractivity contribution < 1.29 is 59.4 Å². The predicted molar refractivity (Wildman–Crippen MR) is 247 cm³/mol. The Balaban J connectivity index is 0.000000320. The van der Waals surface area contributed by atoms with Gasteiger partial charge in [0.25, 0.3) is 0 Å². The lowest BCUT2D eigenvalue weighted by molar-refractivity contribution is -0.301. The van der Waals surface area contributed by atoms with Gasteiger partial charge in [0.15, 0.2) is 0 Å². The highest BCUT2D eigenvalue weighted by Crippen LogP contribution is 2.30. The average molecular weight is 975 g/mol. The zero-order valence-electron chi connectivity index (χ0n) is 38.3. The molecule has 0 atom stereocenters. The molecular formula is C46H54N8O12S2-6. The summed E-state index contributed by atoms with van der Waals surface area (Å²) in [6.45, 7) is 12.8. The molecule has 68 heavy (non-hydrogen) atoms. The van der Waals surface area contributed by atoms with Crippen LogP contribution >= 0.6 is 23.5 Å². The van der Waals surface area contributed by atoms with Crippen LogP contribution in [0.25, 0.3) is 21.8 Å². The summed E-state index contributed by atoms with van der Waals surface area (Å²) < 4.78 is 0. The number of unbranched alkanes of at least 4 members (excludes halogenated alkanes) is 2. The summed E-state index contributed by atoms with van der Waals surface area (Å²) in [6, 6.07) is 16.7. The molecule has 0 bridgehead atoms. The third-order valence-corrected chi connectivity index (χ3v) is 11.4. The van der Waals surface area contributed by atoms with E-state index in [0.29, 0.717) is 36.5 Å².